The second kappa shape index (κ2) is 5.67. The smallest absolute Gasteiger partial charge is 0.382 e. The number of rotatable bonds is 5. The molecule has 2 N–H and O–H groups in total. The first-order valence-corrected chi connectivity index (χ1v) is 5.03. The molecular formula is C9H16F3NO2. The van der Waals surface area contributed by atoms with E-state index in [1.807, 2.05) is 0 Å². The van der Waals surface area contributed by atoms with Gasteiger partial charge in [0.2, 0.25) is 0 Å². The van der Waals surface area contributed by atoms with Crippen molar-refractivity contribution in [1.82, 2.24) is 5.32 Å². The molecule has 3 nitrogen and oxygen atoms in total. The van der Waals surface area contributed by atoms with E-state index in [1.165, 1.54) is 0 Å². The summed E-state index contributed by atoms with van der Waals surface area (Å²) in [7, 11) is 0. The summed E-state index contributed by atoms with van der Waals surface area (Å²) in [5.41, 5.74) is 0. The average molecular weight is 227 g/mol. The minimum absolute atomic E-state index is 0.277. The van der Waals surface area contributed by atoms with E-state index in [-0.39, 0.29) is 6.61 Å². The SMILES string of the molecule is OC(COCCC1CCNC1)C(F)(F)F. The Kier molecular flexibility index (Phi) is 4.82. The highest BCUT2D eigenvalue weighted by atomic mass is 19.4. The zero-order valence-electron chi connectivity index (χ0n) is 8.39. The fourth-order valence-corrected chi connectivity index (χ4v) is 1.50. The molecule has 2 atom stereocenters. The molecule has 1 saturated heterocycles. The lowest BCUT2D eigenvalue weighted by molar-refractivity contribution is -0.217. The molecule has 0 aromatic rings. The van der Waals surface area contributed by atoms with Gasteiger partial charge >= 0.3 is 6.18 Å². The Morgan fingerprint density at radius 3 is 2.73 bits per heavy atom. The minimum Gasteiger partial charge on any atom is -0.382 e. The number of hydrogen-bond donors (Lipinski definition) is 2. The summed E-state index contributed by atoms with van der Waals surface area (Å²) in [6.45, 7) is 1.49. The number of alkyl halides is 3. The lowest BCUT2D eigenvalue weighted by Crippen LogP contribution is -2.33. The van der Waals surface area contributed by atoms with Crippen LogP contribution in [0, 0.1) is 5.92 Å². The zero-order valence-corrected chi connectivity index (χ0v) is 8.39. The molecule has 0 bridgehead atoms. The molecule has 0 amide bonds. The third-order valence-electron chi connectivity index (χ3n) is 2.49. The monoisotopic (exact) mass is 227 g/mol. The molecule has 1 rings (SSSR count). The van der Waals surface area contributed by atoms with Crippen LogP contribution < -0.4 is 5.32 Å². The van der Waals surface area contributed by atoms with Crippen molar-refractivity contribution in [2.24, 2.45) is 5.92 Å². The molecule has 2 unspecified atom stereocenters. The number of ether oxygens (including phenoxy) is 1. The van der Waals surface area contributed by atoms with E-state index >= 15 is 0 Å². The predicted molar refractivity (Wildman–Crippen MR) is 48.5 cm³/mol. The fraction of sp³-hybridized carbons (Fsp3) is 1.00. The molecule has 0 aromatic heterocycles. The van der Waals surface area contributed by atoms with Crippen LogP contribution in [0.2, 0.25) is 0 Å². The molecule has 1 heterocycles. The first kappa shape index (κ1) is 12.7. The Labute approximate surface area is 86.6 Å². The van der Waals surface area contributed by atoms with Gasteiger partial charge in [0, 0.05) is 6.61 Å². The highest BCUT2D eigenvalue weighted by Gasteiger charge is 2.38. The van der Waals surface area contributed by atoms with E-state index in [9.17, 15) is 13.2 Å². The molecule has 0 spiro atoms. The van der Waals surface area contributed by atoms with Gasteiger partial charge in [-0.15, -0.1) is 0 Å². The van der Waals surface area contributed by atoms with Gasteiger partial charge in [-0.3, -0.25) is 0 Å². The van der Waals surface area contributed by atoms with Gasteiger partial charge in [0.05, 0.1) is 6.61 Å². The van der Waals surface area contributed by atoms with E-state index in [0.29, 0.717) is 5.92 Å². The number of aliphatic hydroxyl groups is 1. The van der Waals surface area contributed by atoms with E-state index in [4.69, 9.17) is 9.84 Å². The zero-order chi connectivity index (χ0) is 11.3. The molecule has 1 fully saturated rings. The van der Waals surface area contributed by atoms with E-state index in [2.05, 4.69) is 5.32 Å². The number of aliphatic hydroxyl groups excluding tert-OH is 1. The summed E-state index contributed by atoms with van der Waals surface area (Å²) < 4.78 is 40.3. The van der Waals surface area contributed by atoms with Crippen molar-refractivity contribution >= 4 is 0 Å². The summed E-state index contributed by atoms with van der Waals surface area (Å²) in [5.74, 6) is 0.494. The van der Waals surface area contributed by atoms with Gasteiger partial charge in [-0.05, 0) is 31.8 Å². The van der Waals surface area contributed by atoms with Crippen molar-refractivity contribution in [3.63, 3.8) is 0 Å². The quantitative estimate of drug-likeness (QED) is 0.686. The van der Waals surface area contributed by atoms with Gasteiger partial charge in [-0.25, -0.2) is 0 Å². The Balaban J connectivity index is 2.01. The third-order valence-corrected chi connectivity index (χ3v) is 2.49. The van der Waals surface area contributed by atoms with E-state index in [1.54, 1.807) is 0 Å². The molecule has 0 aliphatic carbocycles. The standard InChI is InChI=1S/C9H16F3NO2/c10-9(11,12)8(14)6-15-4-2-7-1-3-13-5-7/h7-8,13-14H,1-6H2. The number of nitrogens with one attached hydrogen (secondary N) is 1. The van der Waals surface area contributed by atoms with Crippen molar-refractivity contribution < 1.29 is 23.0 Å². The first-order chi connectivity index (χ1) is 7.00. The molecule has 0 radical (unpaired) electrons. The highest BCUT2D eigenvalue weighted by Crippen LogP contribution is 2.20. The van der Waals surface area contributed by atoms with Crippen LogP contribution in [0.25, 0.3) is 0 Å². The van der Waals surface area contributed by atoms with Gasteiger partial charge in [-0.1, -0.05) is 0 Å². The predicted octanol–water partition coefficient (Wildman–Crippen LogP) is 0.926. The van der Waals surface area contributed by atoms with Crippen LogP contribution in [0.15, 0.2) is 0 Å². The second-order valence-electron chi connectivity index (χ2n) is 3.78. The normalized spacial score (nSPS) is 24.4. The minimum atomic E-state index is -4.57. The molecule has 6 heteroatoms. The van der Waals surface area contributed by atoms with Crippen molar-refractivity contribution in [1.29, 1.82) is 0 Å². The average Bonchev–Trinajstić information content (AvgIpc) is 2.63. The Morgan fingerprint density at radius 1 is 1.47 bits per heavy atom. The summed E-state index contributed by atoms with van der Waals surface area (Å²) in [5, 5.41) is 11.8. The third kappa shape index (κ3) is 4.81. The molecule has 0 saturated carbocycles. The summed E-state index contributed by atoms with van der Waals surface area (Å²) in [6.07, 6.45) is -5.14. The lowest BCUT2D eigenvalue weighted by Gasteiger charge is -2.15. The topological polar surface area (TPSA) is 41.5 Å². The largest absolute Gasteiger partial charge is 0.416 e. The number of halogens is 3. The van der Waals surface area contributed by atoms with Crippen LogP contribution >= 0.6 is 0 Å². The van der Waals surface area contributed by atoms with Crippen LogP contribution in [-0.2, 0) is 4.74 Å². The Hall–Kier alpha value is -0.330. The van der Waals surface area contributed by atoms with Crippen molar-refractivity contribution in [2.75, 3.05) is 26.3 Å². The van der Waals surface area contributed by atoms with Crippen molar-refractivity contribution in [2.45, 2.75) is 25.1 Å². The fourth-order valence-electron chi connectivity index (χ4n) is 1.50. The van der Waals surface area contributed by atoms with Gasteiger partial charge in [-0.2, -0.15) is 13.2 Å². The molecule has 15 heavy (non-hydrogen) atoms. The first-order valence-electron chi connectivity index (χ1n) is 5.03. The number of hydrogen-bond acceptors (Lipinski definition) is 3. The maximum absolute atomic E-state index is 11.8. The maximum Gasteiger partial charge on any atom is 0.416 e. The highest BCUT2D eigenvalue weighted by molar-refractivity contribution is 4.71. The van der Waals surface area contributed by atoms with Crippen LogP contribution in [0.4, 0.5) is 13.2 Å². The Morgan fingerprint density at radius 2 is 2.20 bits per heavy atom. The molecule has 90 valence electrons. The van der Waals surface area contributed by atoms with Gasteiger partial charge in [0.15, 0.2) is 6.10 Å². The molecule has 0 aromatic carbocycles. The Bertz CT molecular complexity index is 181. The van der Waals surface area contributed by atoms with Crippen LogP contribution in [-0.4, -0.2) is 43.7 Å². The molecule has 1 aliphatic rings. The van der Waals surface area contributed by atoms with Gasteiger partial charge < -0.3 is 15.2 Å². The summed E-state index contributed by atoms with van der Waals surface area (Å²) >= 11 is 0. The van der Waals surface area contributed by atoms with Crippen LogP contribution in [0.1, 0.15) is 12.8 Å². The van der Waals surface area contributed by atoms with Crippen molar-refractivity contribution in [3.8, 4) is 0 Å². The van der Waals surface area contributed by atoms with E-state index in [0.717, 1.165) is 25.9 Å². The maximum atomic E-state index is 11.8. The summed E-state index contributed by atoms with van der Waals surface area (Å²) in [6, 6.07) is 0. The lowest BCUT2D eigenvalue weighted by atomic mass is 10.1. The van der Waals surface area contributed by atoms with Crippen molar-refractivity contribution in [3.05, 3.63) is 0 Å². The summed E-state index contributed by atoms with van der Waals surface area (Å²) in [4.78, 5) is 0. The molecule has 1 aliphatic heterocycles. The van der Waals surface area contributed by atoms with E-state index < -0.39 is 18.9 Å². The van der Waals surface area contributed by atoms with Gasteiger partial charge in [0.25, 0.3) is 0 Å². The van der Waals surface area contributed by atoms with Gasteiger partial charge in [0.1, 0.15) is 0 Å². The second-order valence-corrected chi connectivity index (χ2v) is 3.78. The molecular weight excluding hydrogens is 211 g/mol. The van der Waals surface area contributed by atoms with Crippen LogP contribution in [0.3, 0.4) is 0 Å². The van der Waals surface area contributed by atoms with Crippen LogP contribution in [0.5, 0.6) is 0 Å².